The number of ether oxygens (including phenoxy) is 1. The van der Waals surface area contributed by atoms with E-state index in [-0.39, 0.29) is 5.91 Å². The zero-order valence-electron chi connectivity index (χ0n) is 8.17. The predicted molar refractivity (Wildman–Crippen MR) is 48.9 cm³/mol. The minimum Gasteiger partial charge on any atom is -0.381 e. The van der Waals surface area contributed by atoms with Gasteiger partial charge < -0.3 is 10.1 Å². The van der Waals surface area contributed by atoms with Crippen molar-refractivity contribution in [3.63, 3.8) is 0 Å². The van der Waals surface area contributed by atoms with Gasteiger partial charge in [0.1, 0.15) is 6.04 Å². The molecule has 13 heavy (non-hydrogen) atoms. The summed E-state index contributed by atoms with van der Waals surface area (Å²) in [5.41, 5.74) is 0. The molecule has 0 spiro atoms. The average Bonchev–Trinajstić information content (AvgIpc) is 2.12. The van der Waals surface area contributed by atoms with Crippen LogP contribution in [-0.2, 0) is 9.53 Å². The van der Waals surface area contributed by atoms with Crippen molar-refractivity contribution in [2.45, 2.75) is 32.7 Å². The molecule has 1 N–H and O–H groups in total. The number of nitrogens with zero attached hydrogens (tertiary/aromatic N) is 1. The largest absolute Gasteiger partial charge is 0.381 e. The molecule has 0 aromatic rings. The fraction of sp³-hybridized carbons (Fsp3) is 0.778. The van der Waals surface area contributed by atoms with Crippen LogP contribution in [0.15, 0.2) is 0 Å². The van der Waals surface area contributed by atoms with E-state index in [1.165, 1.54) is 0 Å². The summed E-state index contributed by atoms with van der Waals surface area (Å²) in [4.78, 5) is 11.0. The second kappa shape index (κ2) is 7.56. The van der Waals surface area contributed by atoms with Gasteiger partial charge in [-0.15, -0.1) is 0 Å². The lowest BCUT2D eigenvalue weighted by atomic mass is 10.3. The fourth-order valence-corrected chi connectivity index (χ4v) is 0.757. The minimum absolute atomic E-state index is 0.134. The van der Waals surface area contributed by atoms with Gasteiger partial charge in [0.05, 0.1) is 12.7 Å². The summed E-state index contributed by atoms with van der Waals surface area (Å²) in [5.74, 6) is -0.134. The average molecular weight is 184 g/mol. The van der Waals surface area contributed by atoms with Crippen LogP contribution in [0.2, 0.25) is 0 Å². The molecule has 0 bridgehead atoms. The number of carbonyl (C=O) groups excluding carboxylic acids is 1. The Kier molecular flexibility index (Phi) is 6.93. The van der Waals surface area contributed by atoms with Crippen LogP contribution in [0, 0.1) is 11.3 Å². The summed E-state index contributed by atoms with van der Waals surface area (Å²) in [6.07, 6.45) is 1.28. The molecule has 1 amide bonds. The molecule has 0 saturated carbocycles. The van der Waals surface area contributed by atoms with E-state index in [9.17, 15) is 4.79 Å². The third-order valence-electron chi connectivity index (χ3n) is 1.39. The SMILES string of the molecule is CCCOCCC(=O)NC(C)C#N. The Labute approximate surface area is 78.9 Å². The van der Waals surface area contributed by atoms with Crippen LogP contribution in [-0.4, -0.2) is 25.2 Å². The number of carbonyl (C=O) groups is 1. The highest BCUT2D eigenvalue weighted by molar-refractivity contribution is 5.76. The lowest BCUT2D eigenvalue weighted by Crippen LogP contribution is -2.31. The van der Waals surface area contributed by atoms with Gasteiger partial charge in [-0.1, -0.05) is 6.92 Å². The maximum Gasteiger partial charge on any atom is 0.223 e. The van der Waals surface area contributed by atoms with E-state index in [1.54, 1.807) is 6.92 Å². The van der Waals surface area contributed by atoms with E-state index in [0.29, 0.717) is 19.6 Å². The molecule has 74 valence electrons. The molecule has 0 radical (unpaired) electrons. The van der Waals surface area contributed by atoms with Gasteiger partial charge in [0.15, 0.2) is 0 Å². The molecule has 0 fully saturated rings. The quantitative estimate of drug-likeness (QED) is 0.622. The monoisotopic (exact) mass is 184 g/mol. The predicted octanol–water partition coefficient (Wildman–Crippen LogP) is 0.831. The van der Waals surface area contributed by atoms with Gasteiger partial charge in [-0.25, -0.2) is 0 Å². The summed E-state index contributed by atoms with van der Waals surface area (Å²) < 4.78 is 5.12. The molecule has 0 aliphatic carbocycles. The Morgan fingerprint density at radius 2 is 2.31 bits per heavy atom. The van der Waals surface area contributed by atoms with Crippen molar-refractivity contribution in [3.05, 3.63) is 0 Å². The van der Waals surface area contributed by atoms with Crippen LogP contribution in [0.5, 0.6) is 0 Å². The number of nitriles is 1. The first-order chi connectivity index (χ1) is 6.20. The van der Waals surface area contributed by atoms with Gasteiger partial charge in [0, 0.05) is 13.0 Å². The fourth-order valence-electron chi connectivity index (χ4n) is 0.757. The molecule has 1 atom stereocenters. The van der Waals surface area contributed by atoms with Crippen molar-refractivity contribution < 1.29 is 9.53 Å². The van der Waals surface area contributed by atoms with Crippen molar-refractivity contribution >= 4 is 5.91 Å². The second-order valence-electron chi connectivity index (χ2n) is 2.78. The van der Waals surface area contributed by atoms with E-state index in [1.807, 2.05) is 13.0 Å². The zero-order chi connectivity index (χ0) is 10.1. The van der Waals surface area contributed by atoms with Crippen LogP contribution in [0.25, 0.3) is 0 Å². The van der Waals surface area contributed by atoms with Crippen molar-refractivity contribution in [3.8, 4) is 6.07 Å². The molecule has 0 saturated heterocycles. The summed E-state index contributed by atoms with van der Waals surface area (Å²) >= 11 is 0. The van der Waals surface area contributed by atoms with E-state index in [4.69, 9.17) is 10.00 Å². The molecule has 0 aliphatic rings. The van der Waals surface area contributed by atoms with Crippen molar-refractivity contribution in [2.24, 2.45) is 0 Å². The minimum atomic E-state index is -0.418. The molecular formula is C9H16N2O2. The smallest absolute Gasteiger partial charge is 0.223 e. The van der Waals surface area contributed by atoms with Crippen LogP contribution >= 0.6 is 0 Å². The Balaban J connectivity index is 3.36. The molecule has 0 aromatic heterocycles. The normalized spacial score (nSPS) is 11.8. The molecule has 0 rings (SSSR count). The lowest BCUT2D eigenvalue weighted by molar-refractivity contribution is -0.122. The first-order valence-electron chi connectivity index (χ1n) is 4.47. The standard InChI is InChI=1S/C9H16N2O2/c1-3-5-13-6-4-9(12)11-8(2)7-10/h8H,3-6H2,1-2H3,(H,11,12). The van der Waals surface area contributed by atoms with Gasteiger partial charge in [0.25, 0.3) is 0 Å². The number of nitrogens with one attached hydrogen (secondary N) is 1. The Bertz CT molecular complexity index is 187. The van der Waals surface area contributed by atoms with Gasteiger partial charge in [-0.2, -0.15) is 5.26 Å². The van der Waals surface area contributed by atoms with Gasteiger partial charge in [-0.3, -0.25) is 4.79 Å². The van der Waals surface area contributed by atoms with Crippen LogP contribution in [0.3, 0.4) is 0 Å². The third kappa shape index (κ3) is 7.29. The first-order valence-corrected chi connectivity index (χ1v) is 4.47. The Morgan fingerprint density at radius 1 is 1.62 bits per heavy atom. The van der Waals surface area contributed by atoms with Crippen molar-refractivity contribution in [1.29, 1.82) is 5.26 Å². The lowest BCUT2D eigenvalue weighted by Gasteiger charge is -2.06. The number of hydrogen-bond acceptors (Lipinski definition) is 3. The summed E-state index contributed by atoms with van der Waals surface area (Å²) in [5, 5.41) is 10.9. The highest BCUT2D eigenvalue weighted by atomic mass is 16.5. The van der Waals surface area contributed by atoms with Gasteiger partial charge >= 0.3 is 0 Å². The van der Waals surface area contributed by atoms with Crippen LogP contribution in [0.4, 0.5) is 0 Å². The highest BCUT2D eigenvalue weighted by Gasteiger charge is 2.04. The highest BCUT2D eigenvalue weighted by Crippen LogP contribution is 1.87. The van der Waals surface area contributed by atoms with E-state index in [0.717, 1.165) is 6.42 Å². The molecule has 1 unspecified atom stereocenters. The third-order valence-corrected chi connectivity index (χ3v) is 1.39. The van der Waals surface area contributed by atoms with Crippen molar-refractivity contribution in [1.82, 2.24) is 5.32 Å². The zero-order valence-corrected chi connectivity index (χ0v) is 8.17. The van der Waals surface area contributed by atoms with Crippen LogP contribution in [0.1, 0.15) is 26.7 Å². The number of rotatable bonds is 6. The van der Waals surface area contributed by atoms with Crippen molar-refractivity contribution in [2.75, 3.05) is 13.2 Å². The molecule has 4 heteroatoms. The number of amides is 1. The molecule has 4 nitrogen and oxygen atoms in total. The maximum absolute atomic E-state index is 11.0. The topological polar surface area (TPSA) is 62.1 Å². The molecule has 0 aliphatic heterocycles. The first kappa shape index (κ1) is 11.9. The van der Waals surface area contributed by atoms with Gasteiger partial charge in [-0.05, 0) is 13.3 Å². The van der Waals surface area contributed by atoms with E-state index < -0.39 is 6.04 Å². The second-order valence-corrected chi connectivity index (χ2v) is 2.78. The summed E-state index contributed by atoms with van der Waals surface area (Å²) in [6.45, 7) is 4.77. The Hall–Kier alpha value is -1.08. The molecular weight excluding hydrogens is 168 g/mol. The van der Waals surface area contributed by atoms with E-state index in [2.05, 4.69) is 5.32 Å². The van der Waals surface area contributed by atoms with Crippen LogP contribution < -0.4 is 5.32 Å². The Morgan fingerprint density at radius 3 is 2.85 bits per heavy atom. The maximum atomic E-state index is 11.0. The summed E-state index contributed by atoms with van der Waals surface area (Å²) in [7, 11) is 0. The van der Waals surface area contributed by atoms with Gasteiger partial charge in [0.2, 0.25) is 5.91 Å². The summed E-state index contributed by atoms with van der Waals surface area (Å²) in [6, 6.07) is 1.51. The van der Waals surface area contributed by atoms with E-state index >= 15 is 0 Å². The molecule has 0 heterocycles. The molecule has 0 aromatic carbocycles. The number of hydrogen-bond donors (Lipinski definition) is 1.